The second kappa shape index (κ2) is 13.3. The van der Waals surface area contributed by atoms with E-state index in [9.17, 15) is 0 Å². The number of nitrogens with two attached hydrogens (primary N) is 2. The van der Waals surface area contributed by atoms with Gasteiger partial charge in [-0.3, -0.25) is 15.4 Å². The Hall–Kier alpha value is -2.87. The zero-order chi connectivity index (χ0) is 21.6. The molecule has 0 aliphatic heterocycles. The summed E-state index contributed by atoms with van der Waals surface area (Å²) in [5, 5.41) is 14.7. The SMILES string of the molecule is N=C(N)c1ccc(OCCCCCOc2ccc(C(=N)N)cc2)cc1.O=[PH](O)O. The van der Waals surface area contributed by atoms with Gasteiger partial charge in [0.25, 0.3) is 0 Å². The van der Waals surface area contributed by atoms with E-state index in [0.29, 0.717) is 24.3 Å². The van der Waals surface area contributed by atoms with E-state index < -0.39 is 8.25 Å². The van der Waals surface area contributed by atoms with Gasteiger partial charge in [-0.15, -0.1) is 0 Å². The van der Waals surface area contributed by atoms with Gasteiger partial charge in [-0.2, -0.15) is 0 Å². The van der Waals surface area contributed by atoms with Gasteiger partial charge in [-0.05, 0) is 67.8 Å². The molecule has 0 saturated heterocycles. The molecule has 0 saturated carbocycles. The number of ether oxygens (including phenoxy) is 2. The maximum absolute atomic E-state index is 8.74. The highest BCUT2D eigenvalue weighted by Crippen LogP contribution is 2.14. The molecule has 2 rings (SSSR count). The molecule has 29 heavy (non-hydrogen) atoms. The van der Waals surface area contributed by atoms with Crippen molar-refractivity contribution in [3.8, 4) is 11.5 Å². The van der Waals surface area contributed by atoms with Gasteiger partial charge < -0.3 is 30.7 Å². The highest BCUT2D eigenvalue weighted by Gasteiger charge is 1.99. The lowest BCUT2D eigenvalue weighted by Crippen LogP contribution is -2.10. The van der Waals surface area contributed by atoms with Crippen LogP contribution in [0.2, 0.25) is 0 Å². The highest BCUT2D eigenvalue weighted by molar-refractivity contribution is 7.30. The normalized spacial score (nSPS) is 10.0. The molecule has 0 amide bonds. The third-order valence-corrected chi connectivity index (χ3v) is 3.66. The Morgan fingerprint density at radius 2 is 1.07 bits per heavy atom. The van der Waals surface area contributed by atoms with Crippen molar-refractivity contribution in [1.29, 1.82) is 10.8 Å². The summed E-state index contributed by atoms with van der Waals surface area (Å²) in [6.45, 7) is 1.29. The fourth-order valence-electron chi connectivity index (χ4n) is 2.22. The molecule has 0 aliphatic rings. The molecule has 2 aromatic carbocycles. The monoisotopic (exact) mass is 422 g/mol. The minimum absolute atomic E-state index is 0.0579. The Morgan fingerprint density at radius 3 is 1.34 bits per heavy atom. The summed E-state index contributed by atoms with van der Waals surface area (Å²) in [4.78, 5) is 14.3. The van der Waals surface area contributed by atoms with Crippen molar-refractivity contribution in [3.05, 3.63) is 59.7 Å². The second-order valence-electron chi connectivity index (χ2n) is 5.92. The van der Waals surface area contributed by atoms with E-state index in [0.717, 1.165) is 30.8 Å². The minimum atomic E-state index is -3.13. The summed E-state index contributed by atoms with van der Waals surface area (Å²) in [5.41, 5.74) is 12.2. The van der Waals surface area contributed by atoms with E-state index >= 15 is 0 Å². The van der Waals surface area contributed by atoms with Crippen LogP contribution >= 0.6 is 8.25 Å². The molecule has 0 fully saturated rings. The molecular formula is C19H27N4O5P. The molecule has 2 aromatic rings. The summed E-state index contributed by atoms with van der Waals surface area (Å²) >= 11 is 0. The number of hydrogen-bond donors (Lipinski definition) is 6. The zero-order valence-electron chi connectivity index (χ0n) is 15.9. The summed E-state index contributed by atoms with van der Waals surface area (Å²) in [6.07, 6.45) is 2.90. The van der Waals surface area contributed by atoms with Crippen LogP contribution in [0.4, 0.5) is 0 Å². The molecular weight excluding hydrogens is 395 g/mol. The lowest BCUT2D eigenvalue weighted by molar-refractivity contribution is 0.279. The third kappa shape index (κ3) is 10.9. The van der Waals surface area contributed by atoms with E-state index in [1.807, 2.05) is 24.3 Å². The lowest BCUT2D eigenvalue weighted by atomic mass is 10.2. The quantitative estimate of drug-likeness (QED) is 0.147. The minimum Gasteiger partial charge on any atom is -0.494 e. The van der Waals surface area contributed by atoms with Crippen molar-refractivity contribution < 1.29 is 23.8 Å². The van der Waals surface area contributed by atoms with Crippen LogP contribution in [0.15, 0.2) is 48.5 Å². The zero-order valence-corrected chi connectivity index (χ0v) is 16.9. The van der Waals surface area contributed by atoms with Crippen molar-refractivity contribution in [1.82, 2.24) is 0 Å². The van der Waals surface area contributed by atoms with Crippen molar-refractivity contribution in [3.63, 3.8) is 0 Å². The molecule has 0 spiro atoms. The van der Waals surface area contributed by atoms with Crippen LogP contribution in [0.25, 0.3) is 0 Å². The molecule has 0 aromatic heterocycles. The first-order valence-corrected chi connectivity index (χ1v) is 10.2. The Labute approximate surface area is 170 Å². The first kappa shape index (κ1) is 24.2. The predicted octanol–water partition coefficient (Wildman–Crippen LogP) is 2.24. The molecule has 0 aliphatic carbocycles. The van der Waals surface area contributed by atoms with Gasteiger partial charge in [-0.1, -0.05) is 0 Å². The van der Waals surface area contributed by atoms with Crippen LogP contribution in [0.3, 0.4) is 0 Å². The number of nitrogens with one attached hydrogen (secondary N) is 2. The van der Waals surface area contributed by atoms with Gasteiger partial charge in [0.15, 0.2) is 0 Å². The number of rotatable bonds is 10. The third-order valence-electron chi connectivity index (χ3n) is 3.66. The van der Waals surface area contributed by atoms with Crippen molar-refractivity contribution in [2.45, 2.75) is 19.3 Å². The smallest absolute Gasteiger partial charge is 0.314 e. The molecule has 10 heteroatoms. The maximum atomic E-state index is 8.74. The largest absolute Gasteiger partial charge is 0.494 e. The van der Waals surface area contributed by atoms with E-state index in [2.05, 4.69) is 0 Å². The standard InChI is InChI=1S/C19H24N4O2.H3O3P/c20-18(21)14-4-8-16(9-5-14)24-12-2-1-3-13-25-17-10-6-15(7-11-17)19(22)23;1-4(2)3/h4-11H,1-3,12-13H2,(H3,20,21)(H3,22,23);4H,(H2,1,2,3). The second-order valence-corrected chi connectivity index (χ2v) is 6.48. The fraction of sp³-hybridized carbons (Fsp3) is 0.263. The average molecular weight is 422 g/mol. The van der Waals surface area contributed by atoms with Crippen molar-refractivity contribution in [2.75, 3.05) is 13.2 Å². The first-order chi connectivity index (χ1) is 13.8. The van der Waals surface area contributed by atoms with Gasteiger partial charge in [0.1, 0.15) is 23.2 Å². The molecule has 0 radical (unpaired) electrons. The average Bonchev–Trinajstić information content (AvgIpc) is 2.67. The van der Waals surface area contributed by atoms with Crippen molar-refractivity contribution in [2.24, 2.45) is 11.5 Å². The van der Waals surface area contributed by atoms with Gasteiger partial charge in [-0.25, -0.2) is 0 Å². The first-order valence-electron chi connectivity index (χ1n) is 8.86. The number of benzene rings is 2. The van der Waals surface area contributed by atoms with E-state index in [-0.39, 0.29) is 11.7 Å². The van der Waals surface area contributed by atoms with Crippen molar-refractivity contribution >= 4 is 19.9 Å². The van der Waals surface area contributed by atoms with E-state index in [4.69, 9.17) is 46.1 Å². The van der Waals surface area contributed by atoms with Gasteiger partial charge in [0.05, 0.1) is 13.2 Å². The Bertz CT molecular complexity index is 732. The molecule has 0 heterocycles. The number of amidine groups is 2. The summed E-state index contributed by atoms with van der Waals surface area (Å²) in [6, 6.07) is 14.4. The summed E-state index contributed by atoms with van der Waals surface area (Å²) in [5.74, 6) is 1.68. The van der Waals surface area contributed by atoms with Crippen LogP contribution in [0, 0.1) is 10.8 Å². The Morgan fingerprint density at radius 1 is 0.759 bits per heavy atom. The molecule has 8 N–H and O–H groups in total. The van der Waals surface area contributed by atoms with Gasteiger partial charge in [0, 0.05) is 11.1 Å². The van der Waals surface area contributed by atoms with Crippen LogP contribution in [0.1, 0.15) is 30.4 Å². The highest BCUT2D eigenvalue weighted by atomic mass is 31.1. The fourth-order valence-corrected chi connectivity index (χ4v) is 2.22. The number of unbranched alkanes of at least 4 members (excludes halogenated alkanes) is 2. The molecule has 0 atom stereocenters. The van der Waals surface area contributed by atoms with Gasteiger partial charge in [0.2, 0.25) is 0 Å². The molecule has 0 bridgehead atoms. The maximum Gasteiger partial charge on any atom is 0.314 e. The van der Waals surface area contributed by atoms with Gasteiger partial charge >= 0.3 is 8.25 Å². The van der Waals surface area contributed by atoms with Crippen LogP contribution in [-0.2, 0) is 4.57 Å². The Balaban J connectivity index is 0.000000960. The molecule has 9 nitrogen and oxygen atoms in total. The van der Waals surface area contributed by atoms with Crippen LogP contribution in [-0.4, -0.2) is 34.7 Å². The lowest BCUT2D eigenvalue weighted by Gasteiger charge is -2.08. The predicted molar refractivity (Wildman–Crippen MR) is 113 cm³/mol. The Kier molecular flexibility index (Phi) is 11.1. The van der Waals surface area contributed by atoms with E-state index in [1.165, 1.54) is 0 Å². The number of nitrogen functional groups attached to an aromatic ring is 2. The van der Waals surface area contributed by atoms with E-state index in [1.54, 1.807) is 24.3 Å². The number of hydrogen-bond acceptors (Lipinski definition) is 5. The molecule has 158 valence electrons. The molecule has 0 unspecified atom stereocenters. The summed E-state index contributed by atoms with van der Waals surface area (Å²) < 4.78 is 20.1. The van der Waals surface area contributed by atoms with Crippen LogP contribution in [0.5, 0.6) is 11.5 Å². The van der Waals surface area contributed by atoms with Crippen LogP contribution < -0.4 is 20.9 Å². The topological polar surface area (TPSA) is 176 Å². The summed E-state index contributed by atoms with van der Waals surface area (Å²) in [7, 11) is -3.13.